The van der Waals surface area contributed by atoms with Gasteiger partial charge >= 0.3 is 0 Å². The van der Waals surface area contributed by atoms with Crippen LogP contribution in [0.15, 0.2) is 15.1 Å². The van der Waals surface area contributed by atoms with E-state index in [1.807, 2.05) is 0 Å². The van der Waals surface area contributed by atoms with Gasteiger partial charge in [-0.25, -0.2) is 0 Å². The average Bonchev–Trinajstić information content (AvgIpc) is 2.76. The summed E-state index contributed by atoms with van der Waals surface area (Å²) in [6.45, 7) is 5.27. The maximum Gasteiger partial charge on any atom is 0.279 e. The highest BCUT2D eigenvalue weighted by atomic mass is 16.5. The summed E-state index contributed by atoms with van der Waals surface area (Å²) in [6.07, 6.45) is 0. The molecule has 0 aromatic carbocycles. The van der Waals surface area contributed by atoms with Crippen LogP contribution in [0.5, 0.6) is 0 Å². The predicted molar refractivity (Wildman–Crippen MR) is 55.2 cm³/mol. The lowest BCUT2D eigenvalue weighted by molar-refractivity contribution is 0.101. The van der Waals surface area contributed by atoms with Crippen LogP contribution < -0.4 is 5.32 Å². The molecule has 0 unspecified atom stereocenters. The van der Waals surface area contributed by atoms with E-state index in [1.165, 1.54) is 0 Å². The molecule has 0 aliphatic rings. The second-order valence-corrected chi connectivity index (χ2v) is 3.49. The third-order valence-electron chi connectivity index (χ3n) is 2.24. The zero-order chi connectivity index (χ0) is 11.7. The molecular formula is C10H11N3O3. The number of hydrogen-bond acceptors (Lipinski definition) is 5. The van der Waals surface area contributed by atoms with E-state index >= 15 is 0 Å². The normalized spacial score (nSPS) is 10.4. The number of nitrogens with one attached hydrogen (secondary N) is 1. The molecule has 2 rings (SSSR count). The smallest absolute Gasteiger partial charge is 0.279 e. The lowest BCUT2D eigenvalue weighted by Gasteiger charge is -1.97. The van der Waals surface area contributed by atoms with E-state index in [1.54, 1.807) is 26.8 Å². The van der Waals surface area contributed by atoms with Crippen LogP contribution in [0, 0.1) is 20.8 Å². The highest BCUT2D eigenvalue weighted by Crippen LogP contribution is 2.14. The summed E-state index contributed by atoms with van der Waals surface area (Å²) < 4.78 is 9.73. The molecule has 6 heteroatoms. The van der Waals surface area contributed by atoms with E-state index in [4.69, 9.17) is 9.05 Å². The van der Waals surface area contributed by atoms with Gasteiger partial charge in [-0.2, -0.15) is 0 Å². The van der Waals surface area contributed by atoms with Gasteiger partial charge in [0.05, 0.1) is 0 Å². The molecule has 0 bridgehead atoms. The monoisotopic (exact) mass is 221 g/mol. The van der Waals surface area contributed by atoms with Crippen LogP contribution in [-0.4, -0.2) is 16.2 Å². The molecule has 0 saturated carbocycles. The molecule has 2 aromatic heterocycles. The van der Waals surface area contributed by atoms with Crippen LogP contribution in [0.25, 0.3) is 0 Å². The summed E-state index contributed by atoms with van der Waals surface area (Å²) in [7, 11) is 0. The molecule has 0 saturated heterocycles. The Balaban J connectivity index is 2.18. The number of hydrogen-bond donors (Lipinski definition) is 1. The Morgan fingerprint density at radius 2 is 2.00 bits per heavy atom. The SMILES string of the molecule is Cc1cc(NC(=O)c2noc(C)c2C)no1. The summed E-state index contributed by atoms with van der Waals surface area (Å²) >= 11 is 0. The van der Waals surface area contributed by atoms with Crippen molar-refractivity contribution in [3.63, 3.8) is 0 Å². The molecule has 16 heavy (non-hydrogen) atoms. The minimum atomic E-state index is -0.359. The Bertz CT molecular complexity index is 527. The molecule has 84 valence electrons. The number of carbonyl (C=O) groups is 1. The number of rotatable bonds is 2. The largest absolute Gasteiger partial charge is 0.361 e. The quantitative estimate of drug-likeness (QED) is 0.836. The van der Waals surface area contributed by atoms with E-state index in [9.17, 15) is 4.79 Å². The van der Waals surface area contributed by atoms with E-state index in [2.05, 4.69) is 15.6 Å². The fourth-order valence-corrected chi connectivity index (χ4v) is 1.23. The van der Waals surface area contributed by atoms with Crippen molar-refractivity contribution in [3.05, 3.63) is 28.8 Å². The molecule has 2 heterocycles. The lowest BCUT2D eigenvalue weighted by atomic mass is 10.2. The standard InChI is InChI=1S/C10H11N3O3/c1-5-4-8(12-15-5)11-10(14)9-6(2)7(3)16-13-9/h4H,1-3H3,(H,11,12,14). The maximum atomic E-state index is 11.7. The molecule has 2 aromatic rings. The molecule has 0 aliphatic heterocycles. The summed E-state index contributed by atoms with van der Waals surface area (Å²) in [5.41, 5.74) is 0.982. The Kier molecular flexibility index (Phi) is 2.47. The van der Waals surface area contributed by atoms with Crippen molar-refractivity contribution in [1.29, 1.82) is 0 Å². The van der Waals surface area contributed by atoms with E-state index in [0.29, 0.717) is 17.3 Å². The van der Waals surface area contributed by atoms with E-state index in [-0.39, 0.29) is 11.6 Å². The first-order valence-electron chi connectivity index (χ1n) is 4.75. The van der Waals surface area contributed by atoms with Gasteiger partial charge < -0.3 is 14.4 Å². The Morgan fingerprint density at radius 3 is 2.50 bits per heavy atom. The van der Waals surface area contributed by atoms with Crippen LogP contribution in [0.3, 0.4) is 0 Å². The van der Waals surface area contributed by atoms with Gasteiger partial charge in [-0.05, 0) is 20.8 Å². The molecule has 0 radical (unpaired) electrons. The predicted octanol–water partition coefficient (Wildman–Crippen LogP) is 1.84. The number of anilines is 1. The van der Waals surface area contributed by atoms with Gasteiger partial charge in [0.2, 0.25) is 0 Å². The van der Waals surface area contributed by atoms with E-state index < -0.39 is 0 Å². The van der Waals surface area contributed by atoms with Crippen molar-refractivity contribution in [3.8, 4) is 0 Å². The molecule has 0 atom stereocenters. The van der Waals surface area contributed by atoms with Crippen LogP contribution in [0.1, 0.15) is 27.6 Å². The Hall–Kier alpha value is -2.11. The van der Waals surface area contributed by atoms with Crippen molar-refractivity contribution >= 4 is 11.7 Å². The second kappa shape index (κ2) is 3.80. The zero-order valence-corrected chi connectivity index (χ0v) is 9.20. The first-order valence-corrected chi connectivity index (χ1v) is 4.75. The Labute approximate surface area is 91.6 Å². The van der Waals surface area contributed by atoms with Crippen LogP contribution >= 0.6 is 0 Å². The van der Waals surface area contributed by atoms with Crippen molar-refractivity contribution in [2.24, 2.45) is 0 Å². The van der Waals surface area contributed by atoms with Crippen molar-refractivity contribution in [2.75, 3.05) is 5.32 Å². The van der Waals surface area contributed by atoms with Gasteiger partial charge in [0.1, 0.15) is 11.5 Å². The number of carbonyl (C=O) groups excluding carboxylic acids is 1. The molecular weight excluding hydrogens is 210 g/mol. The van der Waals surface area contributed by atoms with Crippen molar-refractivity contribution in [2.45, 2.75) is 20.8 Å². The molecule has 1 N–H and O–H groups in total. The molecule has 0 aliphatic carbocycles. The summed E-state index contributed by atoms with van der Waals surface area (Å²) in [5, 5.41) is 9.89. The van der Waals surface area contributed by atoms with Crippen molar-refractivity contribution in [1.82, 2.24) is 10.3 Å². The average molecular weight is 221 g/mol. The van der Waals surface area contributed by atoms with Crippen LogP contribution in [-0.2, 0) is 0 Å². The van der Waals surface area contributed by atoms with E-state index in [0.717, 1.165) is 5.56 Å². The van der Waals surface area contributed by atoms with Gasteiger partial charge in [-0.1, -0.05) is 10.3 Å². The maximum absolute atomic E-state index is 11.7. The summed E-state index contributed by atoms with van der Waals surface area (Å²) in [6, 6.07) is 1.63. The minimum Gasteiger partial charge on any atom is -0.361 e. The van der Waals surface area contributed by atoms with Crippen molar-refractivity contribution < 1.29 is 13.8 Å². The molecule has 1 amide bonds. The zero-order valence-electron chi connectivity index (χ0n) is 9.20. The second-order valence-electron chi connectivity index (χ2n) is 3.49. The van der Waals surface area contributed by atoms with Crippen LogP contribution in [0.2, 0.25) is 0 Å². The molecule has 0 spiro atoms. The van der Waals surface area contributed by atoms with Crippen LogP contribution in [0.4, 0.5) is 5.82 Å². The lowest BCUT2D eigenvalue weighted by Crippen LogP contribution is -2.13. The fraction of sp³-hybridized carbons (Fsp3) is 0.300. The molecule has 0 fully saturated rings. The van der Waals surface area contributed by atoms with Gasteiger partial charge in [0.25, 0.3) is 5.91 Å². The first-order chi connectivity index (χ1) is 7.58. The third-order valence-corrected chi connectivity index (χ3v) is 2.24. The number of aryl methyl sites for hydroxylation is 2. The number of amides is 1. The van der Waals surface area contributed by atoms with Gasteiger partial charge in [-0.3, -0.25) is 4.79 Å². The number of nitrogens with zero attached hydrogens (tertiary/aromatic N) is 2. The third kappa shape index (κ3) is 1.81. The fourth-order valence-electron chi connectivity index (χ4n) is 1.23. The number of aromatic nitrogens is 2. The van der Waals surface area contributed by atoms with Gasteiger partial charge in [0.15, 0.2) is 11.5 Å². The Morgan fingerprint density at radius 1 is 1.25 bits per heavy atom. The highest BCUT2D eigenvalue weighted by Gasteiger charge is 2.17. The summed E-state index contributed by atoms with van der Waals surface area (Å²) in [4.78, 5) is 11.7. The topological polar surface area (TPSA) is 81.2 Å². The van der Waals surface area contributed by atoms with Gasteiger partial charge in [-0.15, -0.1) is 0 Å². The van der Waals surface area contributed by atoms with Gasteiger partial charge in [0, 0.05) is 11.6 Å². The minimum absolute atomic E-state index is 0.262. The summed E-state index contributed by atoms with van der Waals surface area (Å²) in [5.74, 6) is 1.26. The first kappa shape index (κ1) is 10.4. The highest BCUT2D eigenvalue weighted by molar-refractivity contribution is 6.03. The molecule has 6 nitrogen and oxygen atoms in total.